The molecule has 0 bridgehead atoms. The van der Waals surface area contributed by atoms with Gasteiger partial charge in [-0.2, -0.15) is 9.97 Å². The Balaban J connectivity index is 1.77. The van der Waals surface area contributed by atoms with E-state index >= 15 is 0 Å². The second-order valence-electron chi connectivity index (χ2n) is 8.08. The lowest BCUT2D eigenvalue weighted by atomic mass is 9.89. The van der Waals surface area contributed by atoms with Gasteiger partial charge in [-0.3, -0.25) is 9.59 Å². The number of rotatable bonds is 11. The lowest BCUT2D eigenvalue weighted by Gasteiger charge is -2.18. The minimum atomic E-state index is -0.980. The number of aromatic hydroxyl groups is 1. The standard InChI is InChI=1S/C25H31N5O6/c1-4-16(17-13-27-21-20(17)23(33)30-25(26)29-21)14-7-9-15(10-8-14)22(32)28-18(24(34)36-6-3)11-12-19(31)35-5-2/h7-10,13,16,18H,4-6,11-12H2,1-3H3,(H,28,32)(H4,26,27,29,30,33)/t16?,18-/m1/s1. The molecule has 0 aliphatic heterocycles. The van der Waals surface area contributed by atoms with Crippen LogP contribution >= 0.6 is 0 Å². The molecule has 0 saturated heterocycles. The van der Waals surface area contributed by atoms with Crippen LogP contribution in [-0.4, -0.2) is 57.2 Å². The Morgan fingerprint density at radius 2 is 1.78 bits per heavy atom. The molecule has 0 aliphatic carbocycles. The SMILES string of the molecule is CCOC(=O)CC[C@@H](NC(=O)c1ccc(C(CC)c2c[nH]c3nc(N)nc(O)c23)cc1)C(=O)OCC. The van der Waals surface area contributed by atoms with E-state index in [0.717, 1.165) is 11.1 Å². The van der Waals surface area contributed by atoms with Gasteiger partial charge in [-0.15, -0.1) is 0 Å². The monoisotopic (exact) mass is 497 g/mol. The Bertz CT molecular complexity index is 1220. The van der Waals surface area contributed by atoms with Crippen LogP contribution in [0.25, 0.3) is 11.0 Å². The summed E-state index contributed by atoms with van der Waals surface area (Å²) in [7, 11) is 0. The van der Waals surface area contributed by atoms with Gasteiger partial charge in [0.1, 0.15) is 11.7 Å². The minimum absolute atomic E-state index is 0.0262. The summed E-state index contributed by atoms with van der Waals surface area (Å²) in [5.41, 5.74) is 8.13. The summed E-state index contributed by atoms with van der Waals surface area (Å²) in [6.45, 7) is 5.75. The summed E-state index contributed by atoms with van der Waals surface area (Å²) in [6.07, 6.45) is 2.51. The number of H-pyrrole nitrogens is 1. The van der Waals surface area contributed by atoms with Crippen molar-refractivity contribution in [3.63, 3.8) is 0 Å². The summed E-state index contributed by atoms with van der Waals surface area (Å²) in [5, 5.41) is 13.5. The van der Waals surface area contributed by atoms with Crippen LogP contribution in [0.1, 0.15) is 67.4 Å². The molecule has 2 atom stereocenters. The molecule has 11 nitrogen and oxygen atoms in total. The van der Waals surface area contributed by atoms with Gasteiger partial charge in [0.2, 0.25) is 11.8 Å². The van der Waals surface area contributed by atoms with Gasteiger partial charge in [0, 0.05) is 24.1 Å². The number of nitrogens with one attached hydrogen (secondary N) is 2. The number of amides is 1. The van der Waals surface area contributed by atoms with Crippen molar-refractivity contribution in [2.24, 2.45) is 0 Å². The number of aromatic nitrogens is 3. The highest BCUT2D eigenvalue weighted by molar-refractivity contribution is 5.97. The Kier molecular flexibility index (Phi) is 8.82. The van der Waals surface area contributed by atoms with Gasteiger partial charge < -0.3 is 30.6 Å². The first kappa shape index (κ1) is 26.5. The first-order chi connectivity index (χ1) is 17.3. The second kappa shape index (κ2) is 12.0. The van der Waals surface area contributed by atoms with Gasteiger partial charge >= 0.3 is 11.9 Å². The molecular weight excluding hydrogens is 466 g/mol. The topological polar surface area (TPSA) is 170 Å². The molecule has 2 heterocycles. The zero-order valence-corrected chi connectivity index (χ0v) is 20.5. The quantitative estimate of drug-likeness (QED) is 0.291. The zero-order chi connectivity index (χ0) is 26.2. The van der Waals surface area contributed by atoms with Crippen LogP contribution in [0.15, 0.2) is 30.5 Å². The van der Waals surface area contributed by atoms with Crippen LogP contribution in [0.3, 0.4) is 0 Å². The lowest BCUT2D eigenvalue weighted by molar-refractivity contribution is -0.146. The number of hydrogen-bond donors (Lipinski definition) is 4. The second-order valence-corrected chi connectivity index (χ2v) is 8.08. The van der Waals surface area contributed by atoms with Crippen LogP contribution in [0.2, 0.25) is 0 Å². The highest BCUT2D eigenvalue weighted by Gasteiger charge is 2.25. The number of nitrogens with zero attached hydrogens (tertiary/aromatic N) is 2. The first-order valence-corrected chi connectivity index (χ1v) is 11.8. The summed E-state index contributed by atoms with van der Waals surface area (Å²) in [6, 6.07) is 5.96. The molecule has 0 radical (unpaired) electrons. The van der Waals surface area contributed by atoms with Crippen LogP contribution in [0.5, 0.6) is 5.88 Å². The molecule has 0 aliphatic rings. The van der Waals surface area contributed by atoms with E-state index in [-0.39, 0.29) is 43.8 Å². The number of esters is 2. The third kappa shape index (κ3) is 6.09. The largest absolute Gasteiger partial charge is 0.493 e. The normalized spacial score (nSPS) is 12.6. The van der Waals surface area contributed by atoms with Crippen molar-refractivity contribution in [2.45, 2.75) is 52.0 Å². The molecule has 1 aromatic carbocycles. The predicted octanol–water partition coefficient (Wildman–Crippen LogP) is 2.79. The summed E-state index contributed by atoms with van der Waals surface area (Å²) in [5.74, 6) is -1.86. The van der Waals surface area contributed by atoms with Crippen LogP contribution in [0.4, 0.5) is 5.95 Å². The van der Waals surface area contributed by atoms with Gasteiger partial charge in [0.05, 0.1) is 18.6 Å². The van der Waals surface area contributed by atoms with E-state index in [1.165, 1.54) is 0 Å². The van der Waals surface area contributed by atoms with Crippen molar-refractivity contribution in [2.75, 3.05) is 18.9 Å². The molecule has 11 heteroatoms. The van der Waals surface area contributed by atoms with Crippen LogP contribution in [-0.2, 0) is 19.1 Å². The highest BCUT2D eigenvalue weighted by Crippen LogP contribution is 2.36. The summed E-state index contributed by atoms with van der Waals surface area (Å²) in [4.78, 5) is 47.9. The number of fused-ring (bicyclic) bond motifs is 1. The average molecular weight is 498 g/mol. The number of nitrogen functional groups attached to an aromatic ring is 1. The Hall–Kier alpha value is -4.15. The third-order valence-electron chi connectivity index (χ3n) is 5.74. The molecule has 0 saturated carbocycles. The predicted molar refractivity (Wildman–Crippen MR) is 132 cm³/mol. The maximum Gasteiger partial charge on any atom is 0.328 e. The van der Waals surface area contributed by atoms with E-state index < -0.39 is 23.9 Å². The fourth-order valence-electron chi connectivity index (χ4n) is 4.06. The van der Waals surface area contributed by atoms with Crippen molar-refractivity contribution < 1.29 is 29.0 Å². The first-order valence-electron chi connectivity index (χ1n) is 11.8. The number of carbonyl (C=O) groups excluding carboxylic acids is 3. The van der Waals surface area contributed by atoms with E-state index in [1.54, 1.807) is 32.2 Å². The zero-order valence-electron chi connectivity index (χ0n) is 20.5. The smallest absolute Gasteiger partial charge is 0.328 e. The van der Waals surface area contributed by atoms with E-state index in [0.29, 0.717) is 23.0 Å². The van der Waals surface area contributed by atoms with Gasteiger partial charge in [0.15, 0.2) is 0 Å². The number of carbonyl (C=O) groups is 3. The molecular formula is C25H31N5O6. The molecule has 192 valence electrons. The molecule has 3 rings (SSSR count). The maximum atomic E-state index is 12.9. The number of hydrogen-bond acceptors (Lipinski definition) is 9. The summed E-state index contributed by atoms with van der Waals surface area (Å²) >= 11 is 0. The van der Waals surface area contributed by atoms with Crippen molar-refractivity contribution in [3.8, 4) is 5.88 Å². The molecule has 0 fully saturated rings. The van der Waals surface area contributed by atoms with Gasteiger partial charge in [-0.1, -0.05) is 19.1 Å². The summed E-state index contributed by atoms with van der Waals surface area (Å²) < 4.78 is 9.95. The highest BCUT2D eigenvalue weighted by atomic mass is 16.5. The van der Waals surface area contributed by atoms with E-state index in [4.69, 9.17) is 15.2 Å². The third-order valence-corrected chi connectivity index (χ3v) is 5.74. The van der Waals surface area contributed by atoms with Crippen molar-refractivity contribution in [3.05, 3.63) is 47.2 Å². The Morgan fingerprint density at radius 1 is 1.08 bits per heavy atom. The molecule has 5 N–H and O–H groups in total. The molecule has 36 heavy (non-hydrogen) atoms. The maximum absolute atomic E-state index is 12.9. The van der Waals surface area contributed by atoms with Crippen LogP contribution in [0, 0.1) is 0 Å². The van der Waals surface area contributed by atoms with Crippen molar-refractivity contribution in [1.29, 1.82) is 0 Å². The lowest BCUT2D eigenvalue weighted by Crippen LogP contribution is -2.42. The Labute approximate surface area is 208 Å². The number of aromatic amines is 1. The van der Waals surface area contributed by atoms with Crippen molar-refractivity contribution in [1.82, 2.24) is 20.3 Å². The van der Waals surface area contributed by atoms with Gasteiger partial charge in [-0.05, 0) is 49.9 Å². The Morgan fingerprint density at radius 3 is 2.42 bits per heavy atom. The number of ether oxygens (including phenoxy) is 2. The number of anilines is 1. The molecule has 1 amide bonds. The fraction of sp³-hybridized carbons (Fsp3) is 0.400. The molecule has 1 unspecified atom stereocenters. The number of nitrogens with two attached hydrogens (primary N) is 1. The fourth-order valence-corrected chi connectivity index (χ4v) is 4.06. The van der Waals surface area contributed by atoms with E-state index in [9.17, 15) is 19.5 Å². The van der Waals surface area contributed by atoms with E-state index in [1.807, 2.05) is 19.1 Å². The molecule has 2 aromatic heterocycles. The van der Waals surface area contributed by atoms with Crippen LogP contribution < -0.4 is 11.1 Å². The average Bonchev–Trinajstić information content (AvgIpc) is 3.26. The van der Waals surface area contributed by atoms with Gasteiger partial charge in [0.25, 0.3) is 5.91 Å². The van der Waals surface area contributed by atoms with E-state index in [2.05, 4.69) is 20.3 Å². The molecule has 0 spiro atoms. The van der Waals surface area contributed by atoms with Gasteiger partial charge in [-0.25, -0.2) is 4.79 Å². The number of benzene rings is 1. The minimum Gasteiger partial charge on any atom is -0.493 e. The molecule has 3 aromatic rings. The van der Waals surface area contributed by atoms with Crippen molar-refractivity contribution >= 4 is 34.8 Å².